The summed E-state index contributed by atoms with van der Waals surface area (Å²) >= 11 is 0. The second-order valence-corrected chi connectivity index (χ2v) is 7.84. The van der Waals surface area contributed by atoms with Gasteiger partial charge in [-0.2, -0.15) is 0 Å². The van der Waals surface area contributed by atoms with Crippen LogP contribution in [-0.4, -0.2) is 50.0 Å². The van der Waals surface area contributed by atoms with Gasteiger partial charge < -0.3 is 19.3 Å². The summed E-state index contributed by atoms with van der Waals surface area (Å²) in [6.07, 6.45) is 0.500. The summed E-state index contributed by atoms with van der Waals surface area (Å²) in [6, 6.07) is 13.8. The molecule has 2 rings (SSSR count). The summed E-state index contributed by atoms with van der Waals surface area (Å²) in [6.45, 7) is 8.90. The van der Waals surface area contributed by atoms with Crippen LogP contribution in [0.1, 0.15) is 31.4 Å². The number of aliphatic hydroxyl groups excluding tert-OH is 1. The van der Waals surface area contributed by atoms with Crippen LogP contribution < -0.4 is 14.2 Å². The molecule has 0 saturated carbocycles. The lowest BCUT2D eigenvalue weighted by molar-refractivity contribution is 0.0637. The lowest BCUT2D eigenvalue weighted by atomic mass is 10.1. The molecule has 0 aliphatic carbocycles. The van der Waals surface area contributed by atoms with Crippen molar-refractivity contribution in [2.24, 2.45) is 5.92 Å². The Morgan fingerprint density at radius 2 is 1.69 bits per heavy atom. The number of benzene rings is 2. The first-order valence-corrected chi connectivity index (χ1v) is 10.2. The van der Waals surface area contributed by atoms with Crippen LogP contribution in [0, 0.1) is 12.8 Å². The van der Waals surface area contributed by atoms with E-state index in [4.69, 9.17) is 14.2 Å². The van der Waals surface area contributed by atoms with Crippen molar-refractivity contribution in [1.82, 2.24) is 4.90 Å². The summed E-state index contributed by atoms with van der Waals surface area (Å²) in [4.78, 5) is 2.27. The molecule has 2 aromatic carbocycles. The fraction of sp³-hybridized carbons (Fsp3) is 0.500. The van der Waals surface area contributed by atoms with Gasteiger partial charge in [-0.15, -0.1) is 0 Å². The molecule has 0 fully saturated rings. The second kappa shape index (κ2) is 11.7. The van der Waals surface area contributed by atoms with Gasteiger partial charge in [-0.3, -0.25) is 4.90 Å². The molecule has 1 unspecified atom stereocenters. The van der Waals surface area contributed by atoms with E-state index in [0.717, 1.165) is 47.9 Å². The number of hydrogen-bond donors (Lipinski definition) is 1. The summed E-state index contributed by atoms with van der Waals surface area (Å²) in [5, 5.41) is 10.6. The fourth-order valence-electron chi connectivity index (χ4n) is 3.17. The molecule has 160 valence electrons. The number of aliphatic hydroxyl groups is 1. The van der Waals surface area contributed by atoms with Crippen LogP contribution in [0.15, 0.2) is 42.5 Å². The maximum atomic E-state index is 10.6. The topological polar surface area (TPSA) is 51.2 Å². The fourth-order valence-corrected chi connectivity index (χ4v) is 3.17. The molecule has 0 spiro atoms. The van der Waals surface area contributed by atoms with E-state index >= 15 is 0 Å². The molecular formula is C24H35NO4. The number of methoxy groups -OCH3 is 2. The molecule has 5 nitrogen and oxygen atoms in total. The predicted octanol–water partition coefficient (Wildman–Crippen LogP) is 4.30. The molecule has 0 heterocycles. The largest absolute Gasteiger partial charge is 0.493 e. The van der Waals surface area contributed by atoms with Crippen molar-refractivity contribution in [2.45, 2.75) is 39.8 Å². The highest BCUT2D eigenvalue weighted by molar-refractivity contribution is 5.42. The van der Waals surface area contributed by atoms with Crippen molar-refractivity contribution in [3.63, 3.8) is 0 Å². The highest BCUT2D eigenvalue weighted by Gasteiger charge is 2.15. The lowest BCUT2D eigenvalue weighted by Gasteiger charge is -2.26. The van der Waals surface area contributed by atoms with Crippen molar-refractivity contribution in [1.29, 1.82) is 0 Å². The Morgan fingerprint density at radius 3 is 2.34 bits per heavy atom. The molecule has 0 aromatic heterocycles. The summed E-state index contributed by atoms with van der Waals surface area (Å²) in [5.74, 6) is 2.86. The molecule has 1 N–H and O–H groups in total. The molecule has 0 radical (unpaired) electrons. The van der Waals surface area contributed by atoms with Crippen LogP contribution in [0.4, 0.5) is 0 Å². The third kappa shape index (κ3) is 7.59. The molecule has 0 bridgehead atoms. The minimum Gasteiger partial charge on any atom is -0.493 e. The number of ether oxygens (including phenoxy) is 3. The first kappa shape index (κ1) is 23.0. The van der Waals surface area contributed by atoms with Crippen LogP contribution in [0.5, 0.6) is 17.2 Å². The quantitative estimate of drug-likeness (QED) is 0.575. The van der Waals surface area contributed by atoms with E-state index in [9.17, 15) is 5.11 Å². The van der Waals surface area contributed by atoms with Gasteiger partial charge in [0.25, 0.3) is 0 Å². The Labute approximate surface area is 175 Å². The molecule has 5 heteroatoms. The number of rotatable bonds is 12. The van der Waals surface area contributed by atoms with Crippen LogP contribution in [0.25, 0.3) is 0 Å². The summed E-state index contributed by atoms with van der Waals surface area (Å²) < 4.78 is 16.6. The molecule has 29 heavy (non-hydrogen) atoms. The number of nitrogens with zero attached hydrogens (tertiary/aromatic N) is 1. The minimum absolute atomic E-state index is 0.273. The highest BCUT2D eigenvalue weighted by Crippen LogP contribution is 2.28. The van der Waals surface area contributed by atoms with Crippen molar-refractivity contribution >= 4 is 0 Å². The van der Waals surface area contributed by atoms with Crippen molar-refractivity contribution in [3.8, 4) is 17.2 Å². The van der Waals surface area contributed by atoms with Crippen LogP contribution in [0.2, 0.25) is 0 Å². The first-order valence-electron chi connectivity index (χ1n) is 10.2. The molecule has 0 saturated heterocycles. The van der Waals surface area contributed by atoms with E-state index in [0.29, 0.717) is 12.5 Å². The second-order valence-electron chi connectivity index (χ2n) is 7.84. The third-order valence-electron chi connectivity index (χ3n) is 4.87. The molecular weight excluding hydrogens is 366 g/mol. The van der Waals surface area contributed by atoms with Gasteiger partial charge in [0.05, 0.1) is 14.2 Å². The van der Waals surface area contributed by atoms with E-state index < -0.39 is 6.10 Å². The lowest BCUT2D eigenvalue weighted by Crippen LogP contribution is -2.36. The van der Waals surface area contributed by atoms with E-state index in [1.807, 2.05) is 49.4 Å². The van der Waals surface area contributed by atoms with Crippen molar-refractivity contribution in [2.75, 3.05) is 33.9 Å². The van der Waals surface area contributed by atoms with Gasteiger partial charge >= 0.3 is 0 Å². The van der Waals surface area contributed by atoms with Gasteiger partial charge in [0.2, 0.25) is 0 Å². The van der Waals surface area contributed by atoms with Gasteiger partial charge in [0.15, 0.2) is 11.5 Å². The Kier molecular flexibility index (Phi) is 9.29. The highest BCUT2D eigenvalue weighted by atomic mass is 16.5. The maximum absolute atomic E-state index is 10.6. The number of hydrogen-bond acceptors (Lipinski definition) is 5. The zero-order valence-corrected chi connectivity index (χ0v) is 18.4. The monoisotopic (exact) mass is 401 g/mol. The Hall–Kier alpha value is -2.24. The predicted molar refractivity (Wildman–Crippen MR) is 117 cm³/mol. The molecule has 0 aliphatic heterocycles. The standard InChI is InChI=1S/C24H35NO4/c1-18(2)12-13-25(15-20-10-11-23(27-4)24(14-20)28-5)16-21(26)17-29-22-9-7-6-8-19(22)3/h6-11,14,18,21,26H,12-13,15-17H2,1-5H3. The molecule has 0 amide bonds. The maximum Gasteiger partial charge on any atom is 0.161 e. The van der Waals surface area contributed by atoms with Gasteiger partial charge in [0, 0.05) is 13.1 Å². The van der Waals surface area contributed by atoms with Gasteiger partial charge in [-0.05, 0) is 55.1 Å². The summed E-state index contributed by atoms with van der Waals surface area (Å²) in [7, 11) is 3.28. The Balaban J connectivity index is 2.00. The van der Waals surface area contributed by atoms with Gasteiger partial charge in [-0.1, -0.05) is 38.1 Å². The van der Waals surface area contributed by atoms with Crippen LogP contribution in [-0.2, 0) is 6.54 Å². The van der Waals surface area contributed by atoms with Gasteiger partial charge in [-0.25, -0.2) is 0 Å². The van der Waals surface area contributed by atoms with E-state index in [1.54, 1.807) is 14.2 Å². The molecule has 2 aromatic rings. The zero-order chi connectivity index (χ0) is 21.2. The average Bonchev–Trinajstić information content (AvgIpc) is 2.71. The average molecular weight is 402 g/mol. The molecule has 1 atom stereocenters. The van der Waals surface area contributed by atoms with Crippen molar-refractivity contribution in [3.05, 3.63) is 53.6 Å². The van der Waals surface area contributed by atoms with E-state index in [-0.39, 0.29) is 6.61 Å². The van der Waals surface area contributed by atoms with Crippen LogP contribution >= 0.6 is 0 Å². The third-order valence-corrected chi connectivity index (χ3v) is 4.87. The van der Waals surface area contributed by atoms with Crippen molar-refractivity contribution < 1.29 is 19.3 Å². The summed E-state index contributed by atoms with van der Waals surface area (Å²) in [5.41, 5.74) is 2.19. The Bertz CT molecular complexity index is 747. The minimum atomic E-state index is -0.568. The van der Waals surface area contributed by atoms with Crippen LogP contribution in [0.3, 0.4) is 0 Å². The van der Waals surface area contributed by atoms with E-state index in [2.05, 4.69) is 18.7 Å². The smallest absolute Gasteiger partial charge is 0.161 e. The number of para-hydroxylation sites is 1. The van der Waals surface area contributed by atoms with Gasteiger partial charge in [0.1, 0.15) is 18.5 Å². The molecule has 0 aliphatic rings. The SMILES string of the molecule is COc1ccc(CN(CCC(C)C)CC(O)COc2ccccc2C)cc1OC. The normalized spacial score (nSPS) is 12.3. The first-order chi connectivity index (χ1) is 13.9. The number of aryl methyl sites for hydroxylation is 1. The zero-order valence-electron chi connectivity index (χ0n) is 18.4. The Morgan fingerprint density at radius 1 is 0.966 bits per heavy atom. The van der Waals surface area contributed by atoms with E-state index in [1.165, 1.54) is 0 Å².